The summed E-state index contributed by atoms with van der Waals surface area (Å²) >= 11 is 0. The third kappa shape index (κ3) is 11.7. The first-order chi connectivity index (χ1) is 22.6. The Morgan fingerprint density at radius 3 is 2.19 bits per heavy atom. The molecule has 3 aromatic rings. The van der Waals surface area contributed by atoms with Gasteiger partial charge in [-0.25, -0.2) is 8.99 Å². The summed E-state index contributed by atoms with van der Waals surface area (Å²) in [5, 5.41) is 21.7. The lowest BCUT2D eigenvalue weighted by atomic mass is 9.96. The molecule has 10 nitrogen and oxygen atoms in total. The minimum absolute atomic E-state index is 0.157. The zero-order chi connectivity index (χ0) is 34.3. The van der Waals surface area contributed by atoms with E-state index in [1.54, 1.807) is 21.1 Å². The summed E-state index contributed by atoms with van der Waals surface area (Å²) in [5.74, 6) is -0.441. The standard InChI is InChI=1S/C34H45FN4O6P2/c1-36-20-27(40)19-28(37-2)32(41)39-29(33(42)44-4)16-23-11-8-12-24(15-23)25-13-14-31(45-21-22-9-6-5-7-10-22)26(17-25)18-30(38-3)34(43)47(35)46/h5-15,17,27-30,36-38,40H,16,18-21,46H2,1-4H3,(H,39,41)/t27-,28+,29+,30+,47?/m1/s1. The average Bonchev–Trinajstić information content (AvgIpc) is 3.08. The quantitative estimate of drug-likeness (QED) is 0.0948. The number of esters is 1. The molecule has 0 fully saturated rings. The van der Waals surface area contributed by atoms with Crippen molar-refractivity contribution < 1.29 is 33.2 Å². The first-order valence-corrected chi connectivity index (χ1v) is 18.1. The van der Waals surface area contributed by atoms with Crippen LogP contribution in [0.15, 0.2) is 72.8 Å². The van der Waals surface area contributed by atoms with Crippen LogP contribution in [0.1, 0.15) is 23.1 Å². The highest BCUT2D eigenvalue weighted by Gasteiger charge is 2.28. The molecule has 5 N–H and O–H groups in total. The van der Waals surface area contributed by atoms with Crippen LogP contribution < -0.4 is 26.0 Å². The van der Waals surface area contributed by atoms with Gasteiger partial charge in [-0.05, 0) is 73.9 Å². The summed E-state index contributed by atoms with van der Waals surface area (Å²) in [7, 11) is 5.83. The Balaban J connectivity index is 1.88. The van der Waals surface area contributed by atoms with Crippen molar-refractivity contribution in [3.63, 3.8) is 0 Å². The topological polar surface area (TPSA) is 138 Å². The van der Waals surface area contributed by atoms with Gasteiger partial charge in [0.2, 0.25) is 11.4 Å². The van der Waals surface area contributed by atoms with Gasteiger partial charge in [0.15, 0.2) is 7.92 Å². The van der Waals surface area contributed by atoms with Crippen molar-refractivity contribution >= 4 is 34.3 Å². The Labute approximate surface area is 279 Å². The minimum atomic E-state index is -2.36. The number of aliphatic hydroxyl groups excluding tert-OH is 1. The van der Waals surface area contributed by atoms with Crippen molar-refractivity contribution in [1.29, 1.82) is 0 Å². The molecule has 254 valence electrons. The number of likely N-dealkylation sites (N-methyl/N-ethyl adjacent to an activating group) is 3. The highest BCUT2D eigenvalue weighted by atomic mass is 32.0. The fraction of sp³-hybridized carbons (Fsp3) is 0.382. The van der Waals surface area contributed by atoms with Gasteiger partial charge in [-0.15, -0.1) is 0 Å². The smallest absolute Gasteiger partial charge is 0.328 e. The molecule has 0 aliphatic carbocycles. The fourth-order valence-corrected chi connectivity index (χ4v) is 6.20. The summed E-state index contributed by atoms with van der Waals surface area (Å²) in [4.78, 5) is 38.4. The largest absolute Gasteiger partial charge is 0.489 e. The molecule has 0 spiro atoms. The molecular weight excluding hydrogens is 641 g/mol. The Bertz CT molecular complexity index is 1470. The van der Waals surface area contributed by atoms with Gasteiger partial charge in [-0.1, -0.05) is 69.6 Å². The number of benzene rings is 3. The number of hydrogen-bond donors (Lipinski definition) is 5. The van der Waals surface area contributed by atoms with E-state index in [4.69, 9.17) is 9.47 Å². The number of carbonyl (C=O) groups excluding carboxylic acids is 3. The van der Waals surface area contributed by atoms with E-state index in [2.05, 4.69) is 21.3 Å². The number of amides is 1. The first kappa shape index (κ1) is 38.2. The maximum absolute atomic E-state index is 14.0. The average molecular weight is 687 g/mol. The van der Waals surface area contributed by atoms with Crippen LogP contribution in [0.4, 0.5) is 4.20 Å². The number of ether oxygens (including phenoxy) is 2. The van der Waals surface area contributed by atoms with Crippen LogP contribution in [0.3, 0.4) is 0 Å². The van der Waals surface area contributed by atoms with Crippen LogP contribution >= 0.6 is 16.8 Å². The van der Waals surface area contributed by atoms with Crippen molar-refractivity contribution in [2.24, 2.45) is 0 Å². The molecule has 3 aromatic carbocycles. The summed E-state index contributed by atoms with van der Waals surface area (Å²) in [6.07, 6.45) is -0.212. The number of methoxy groups -OCH3 is 1. The zero-order valence-corrected chi connectivity index (χ0v) is 29.2. The molecule has 0 radical (unpaired) electrons. The summed E-state index contributed by atoms with van der Waals surface area (Å²) in [6, 6.07) is 20.5. The normalized spacial score (nSPS) is 14.4. The molecule has 0 saturated carbocycles. The molecule has 6 atom stereocenters. The molecule has 2 unspecified atom stereocenters. The Morgan fingerprint density at radius 1 is 0.872 bits per heavy atom. The van der Waals surface area contributed by atoms with Crippen LogP contribution in [0.25, 0.3) is 11.1 Å². The van der Waals surface area contributed by atoms with E-state index in [1.165, 1.54) is 7.11 Å². The maximum Gasteiger partial charge on any atom is 0.328 e. The van der Waals surface area contributed by atoms with Crippen LogP contribution in [0.5, 0.6) is 5.75 Å². The molecule has 0 aliphatic heterocycles. The Hall–Kier alpha value is -3.30. The molecule has 0 aliphatic rings. The number of rotatable bonds is 19. The fourth-order valence-electron chi connectivity index (χ4n) is 5.14. The number of hydrogen-bond acceptors (Lipinski definition) is 9. The molecule has 0 aromatic heterocycles. The van der Waals surface area contributed by atoms with E-state index < -0.39 is 49.6 Å². The lowest BCUT2D eigenvalue weighted by Gasteiger charge is -2.23. The zero-order valence-electron chi connectivity index (χ0n) is 27.2. The highest BCUT2D eigenvalue weighted by Crippen LogP contribution is 2.48. The second-order valence-electron chi connectivity index (χ2n) is 11.1. The highest BCUT2D eigenvalue weighted by molar-refractivity contribution is 8.19. The second-order valence-corrected chi connectivity index (χ2v) is 13.5. The monoisotopic (exact) mass is 686 g/mol. The van der Waals surface area contributed by atoms with E-state index in [-0.39, 0.29) is 19.3 Å². The molecule has 1 amide bonds. The predicted molar refractivity (Wildman–Crippen MR) is 187 cm³/mol. The van der Waals surface area contributed by atoms with E-state index in [9.17, 15) is 23.7 Å². The Kier molecular flexibility index (Phi) is 15.8. The van der Waals surface area contributed by atoms with Gasteiger partial charge in [0.25, 0.3) is 0 Å². The SMILES string of the molecule is CNC[C@H](O)C[C@H](NC)C(=O)N[C@@H](Cc1cccc(-c2ccc(OCc3ccccc3)c(C[C@H](NC)C(=O)P(F)P)c2)c1)C(=O)OC. The third-order valence-electron chi connectivity index (χ3n) is 7.69. The second kappa shape index (κ2) is 19.5. The number of aliphatic hydroxyl groups is 1. The van der Waals surface area contributed by atoms with Crippen LogP contribution in [0, 0.1) is 0 Å². The molecule has 13 heteroatoms. The predicted octanol–water partition coefficient (Wildman–Crippen LogP) is 3.50. The molecule has 0 heterocycles. The maximum atomic E-state index is 14.0. The molecule has 47 heavy (non-hydrogen) atoms. The van der Waals surface area contributed by atoms with E-state index >= 15 is 0 Å². The van der Waals surface area contributed by atoms with Gasteiger partial charge >= 0.3 is 5.97 Å². The van der Waals surface area contributed by atoms with Crippen molar-refractivity contribution in [1.82, 2.24) is 21.3 Å². The van der Waals surface area contributed by atoms with E-state index in [0.717, 1.165) is 27.8 Å². The van der Waals surface area contributed by atoms with E-state index in [0.29, 0.717) is 18.9 Å². The van der Waals surface area contributed by atoms with Crippen molar-refractivity contribution in [2.45, 2.75) is 50.1 Å². The summed E-state index contributed by atoms with van der Waals surface area (Å²) in [6.45, 7) is 0.644. The lowest BCUT2D eigenvalue weighted by Crippen LogP contribution is -2.51. The third-order valence-corrected chi connectivity index (χ3v) is 9.19. The van der Waals surface area contributed by atoms with Crippen LogP contribution in [-0.2, 0) is 38.6 Å². The summed E-state index contributed by atoms with van der Waals surface area (Å²) in [5.41, 5.74) is 3.64. The van der Waals surface area contributed by atoms with Gasteiger partial charge in [-0.2, -0.15) is 0 Å². The number of carbonyl (C=O) groups is 3. The van der Waals surface area contributed by atoms with Crippen molar-refractivity contribution in [3.8, 4) is 16.9 Å². The summed E-state index contributed by atoms with van der Waals surface area (Å²) < 4.78 is 25.2. The molecule has 0 saturated heterocycles. The van der Waals surface area contributed by atoms with Gasteiger partial charge in [-0.3, -0.25) is 9.59 Å². The minimum Gasteiger partial charge on any atom is -0.489 e. The van der Waals surface area contributed by atoms with Gasteiger partial charge in [0.05, 0.1) is 25.3 Å². The lowest BCUT2D eigenvalue weighted by molar-refractivity contribution is -0.145. The van der Waals surface area contributed by atoms with E-state index in [1.807, 2.05) is 81.7 Å². The Morgan fingerprint density at radius 2 is 1.55 bits per heavy atom. The van der Waals surface area contributed by atoms with Crippen molar-refractivity contribution in [2.75, 3.05) is 34.8 Å². The van der Waals surface area contributed by atoms with Crippen LogP contribution in [-0.4, -0.2) is 81.5 Å². The number of nitrogens with one attached hydrogen (secondary N) is 4. The van der Waals surface area contributed by atoms with Crippen molar-refractivity contribution in [3.05, 3.63) is 89.5 Å². The van der Waals surface area contributed by atoms with Gasteiger partial charge < -0.3 is 35.8 Å². The van der Waals surface area contributed by atoms with Gasteiger partial charge in [0, 0.05) is 13.0 Å². The number of halogens is 1. The molecule has 0 bridgehead atoms. The van der Waals surface area contributed by atoms with Crippen LogP contribution in [0.2, 0.25) is 0 Å². The molecule has 3 rings (SSSR count). The van der Waals surface area contributed by atoms with Gasteiger partial charge in [0.1, 0.15) is 18.4 Å². The first-order valence-electron chi connectivity index (χ1n) is 15.3. The molecular formula is C34H45FN4O6P2.